The molecule has 110 valence electrons. The highest BCUT2D eigenvalue weighted by atomic mass is 16.2. The van der Waals surface area contributed by atoms with E-state index in [0.29, 0.717) is 17.4 Å². The van der Waals surface area contributed by atoms with Gasteiger partial charge >= 0.3 is 0 Å². The highest BCUT2D eigenvalue weighted by Gasteiger charge is 2.29. The lowest BCUT2D eigenvalue weighted by Crippen LogP contribution is -2.35. The quantitative estimate of drug-likeness (QED) is 0.671. The predicted octanol–water partition coefficient (Wildman–Crippen LogP) is 2.54. The molecule has 1 aliphatic rings. The smallest absolute Gasteiger partial charge is 0.254 e. The Morgan fingerprint density at radius 3 is 3.05 bits per heavy atom. The third-order valence-corrected chi connectivity index (χ3v) is 4.20. The summed E-state index contributed by atoms with van der Waals surface area (Å²) in [7, 11) is 0. The van der Waals surface area contributed by atoms with Gasteiger partial charge in [0, 0.05) is 18.0 Å². The molecule has 0 radical (unpaired) electrons. The van der Waals surface area contributed by atoms with Crippen LogP contribution in [0, 0.1) is 0 Å². The van der Waals surface area contributed by atoms with Crippen molar-refractivity contribution in [1.82, 2.24) is 9.88 Å². The van der Waals surface area contributed by atoms with E-state index in [1.807, 2.05) is 29.2 Å². The maximum atomic E-state index is 12.9. The number of nitrogens with two attached hydrogens (primary N) is 1. The molecule has 0 saturated carbocycles. The molecule has 21 heavy (non-hydrogen) atoms. The molecule has 1 aromatic heterocycles. The van der Waals surface area contributed by atoms with Crippen LogP contribution in [0.2, 0.25) is 0 Å². The molecule has 1 aromatic carbocycles. The second-order valence-electron chi connectivity index (χ2n) is 5.42. The number of amides is 1. The van der Waals surface area contributed by atoms with Crippen LogP contribution in [0.4, 0.5) is 5.82 Å². The lowest BCUT2D eigenvalue weighted by atomic mass is 10.1. The Kier molecular flexibility index (Phi) is 3.75. The Hall–Kier alpha value is -2.14. The molecule has 3 rings (SSSR count). The highest BCUT2D eigenvalue weighted by Crippen LogP contribution is 2.26. The zero-order valence-corrected chi connectivity index (χ0v) is 12.2. The Morgan fingerprint density at radius 1 is 1.48 bits per heavy atom. The van der Waals surface area contributed by atoms with E-state index < -0.39 is 0 Å². The molecular weight excluding hydrogens is 264 g/mol. The minimum atomic E-state index is 0.0782. The second-order valence-corrected chi connectivity index (χ2v) is 5.42. The first-order valence-corrected chi connectivity index (χ1v) is 7.42. The van der Waals surface area contributed by atoms with Crippen LogP contribution in [0.3, 0.4) is 0 Å². The van der Waals surface area contributed by atoms with E-state index >= 15 is 0 Å². The average molecular weight is 284 g/mol. The van der Waals surface area contributed by atoms with Gasteiger partial charge in [-0.3, -0.25) is 4.79 Å². The van der Waals surface area contributed by atoms with Gasteiger partial charge in [0.25, 0.3) is 5.91 Å². The van der Waals surface area contributed by atoms with Crippen molar-refractivity contribution in [3.05, 3.63) is 35.9 Å². The number of carbonyl (C=O) groups is 1. The van der Waals surface area contributed by atoms with Gasteiger partial charge in [-0.15, -0.1) is 0 Å². The predicted molar refractivity (Wildman–Crippen MR) is 83.9 cm³/mol. The molecule has 1 fully saturated rings. The van der Waals surface area contributed by atoms with Gasteiger partial charge in [-0.25, -0.2) is 10.8 Å². The number of fused-ring (bicyclic) bond motifs is 1. The molecule has 1 atom stereocenters. The molecule has 1 saturated heterocycles. The van der Waals surface area contributed by atoms with Crippen molar-refractivity contribution in [1.29, 1.82) is 0 Å². The highest BCUT2D eigenvalue weighted by molar-refractivity contribution is 6.07. The number of hydrogen-bond donors (Lipinski definition) is 2. The van der Waals surface area contributed by atoms with E-state index in [2.05, 4.69) is 17.3 Å². The number of nitrogens with zero attached hydrogens (tertiary/aromatic N) is 2. The van der Waals surface area contributed by atoms with E-state index in [1.165, 1.54) is 0 Å². The monoisotopic (exact) mass is 284 g/mol. The summed E-state index contributed by atoms with van der Waals surface area (Å²) in [5.41, 5.74) is 4.00. The molecule has 0 bridgehead atoms. The Bertz CT molecular complexity index is 670. The van der Waals surface area contributed by atoms with Gasteiger partial charge in [-0.05, 0) is 31.4 Å². The van der Waals surface area contributed by atoms with Crippen LogP contribution in [-0.4, -0.2) is 28.4 Å². The minimum Gasteiger partial charge on any atom is -0.336 e. The number of nitrogen functional groups attached to an aromatic ring is 1. The fourth-order valence-electron chi connectivity index (χ4n) is 3.11. The number of hydrazine groups is 1. The molecular formula is C16H20N4O. The standard InChI is InChI=1S/C16H20N4O/c1-2-11-6-5-9-20(11)16(21)13-10-15(19-17)18-14-8-4-3-7-12(13)14/h3-4,7-8,10-11H,2,5-6,9,17H2,1H3,(H,18,19). The van der Waals surface area contributed by atoms with Crippen molar-refractivity contribution in [2.75, 3.05) is 12.0 Å². The third kappa shape index (κ3) is 2.45. The van der Waals surface area contributed by atoms with Crippen molar-refractivity contribution < 1.29 is 4.79 Å². The zero-order chi connectivity index (χ0) is 14.8. The van der Waals surface area contributed by atoms with Crippen LogP contribution in [-0.2, 0) is 0 Å². The topological polar surface area (TPSA) is 71.2 Å². The molecule has 5 heteroatoms. The summed E-state index contributed by atoms with van der Waals surface area (Å²) in [5, 5.41) is 0.878. The number of anilines is 1. The Morgan fingerprint density at radius 2 is 2.29 bits per heavy atom. The van der Waals surface area contributed by atoms with Crippen LogP contribution in [0.25, 0.3) is 10.9 Å². The number of pyridine rings is 1. The van der Waals surface area contributed by atoms with E-state index in [0.717, 1.165) is 36.7 Å². The summed E-state index contributed by atoms with van der Waals surface area (Å²) in [6, 6.07) is 9.77. The van der Waals surface area contributed by atoms with Gasteiger partial charge in [0.15, 0.2) is 0 Å². The molecule has 1 amide bonds. The first-order valence-electron chi connectivity index (χ1n) is 7.42. The summed E-state index contributed by atoms with van der Waals surface area (Å²) in [6.07, 6.45) is 3.17. The number of nitrogens with one attached hydrogen (secondary N) is 1. The van der Waals surface area contributed by atoms with E-state index in [9.17, 15) is 4.79 Å². The van der Waals surface area contributed by atoms with Crippen LogP contribution in [0.5, 0.6) is 0 Å². The first-order chi connectivity index (χ1) is 10.2. The fraction of sp³-hybridized carbons (Fsp3) is 0.375. The first kappa shape index (κ1) is 13.8. The van der Waals surface area contributed by atoms with E-state index in [-0.39, 0.29) is 5.91 Å². The van der Waals surface area contributed by atoms with Crippen molar-refractivity contribution in [2.45, 2.75) is 32.2 Å². The fourth-order valence-corrected chi connectivity index (χ4v) is 3.11. The van der Waals surface area contributed by atoms with Crippen LogP contribution in [0.1, 0.15) is 36.5 Å². The van der Waals surface area contributed by atoms with E-state index in [4.69, 9.17) is 5.84 Å². The van der Waals surface area contributed by atoms with Gasteiger partial charge in [0.05, 0.1) is 11.1 Å². The largest absolute Gasteiger partial charge is 0.336 e. The summed E-state index contributed by atoms with van der Waals surface area (Å²) in [6.45, 7) is 2.97. The summed E-state index contributed by atoms with van der Waals surface area (Å²) in [4.78, 5) is 19.3. The van der Waals surface area contributed by atoms with E-state index in [1.54, 1.807) is 6.07 Å². The number of hydrogen-bond acceptors (Lipinski definition) is 4. The number of aromatic nitrogens is 1. The van der Waals surface area contributed by atoms with Crippen molar-refractivity contribution in [2.24, 2.45) is 5.84 Å². The van der Waals surface area contributed by atoms with Crippen molar-refractivity contribution in [3.8, 4) is 0 Å². The molecule has 1 unspecified atom stereocenters. The summed E-state index contributed by atoms with van der Waals surface area (Å²) >= 11 is 0. The molecule has 1 aliphatic heterocycles. The average Bonchev–Trinajstić information content (AvgIpc) is 3.01. The second kappa shape index (κ2) is 5.69. The number of para-hydroxylation sites is 1. The Labute approximate surface area is 124 Å². The maximum Gasteiger partial charge on any atom is 0.254 e. The number of benzene rings is 1. The third-order valence-electron chi connectivity index (χ3n) is 4.20. The Balaban J connectivity index is 2.08. The summed E-state index contributed by atoms with van der Waals surface area (Å²) < 4.78 is 0. The summed E-state index contributed by atoms with van der Waals surface area (Å²) in [5.74, 6) is 6.08. The van der Waals surface area contributed by atoms with Gasteiger partial charge < -0.3 is 10.3 Å². The maximum absolute atomic E-state index is 12.9. The van der Waals surface area contributed by atoms with Gasteiger partial charge in [-0.2, -0.15) is 0 Å². The van der Waals surface area contributed by atoms with Gasteiger partial charge in [0.2, 0.25) is 0 Å². The molecule has 5 nitrogen and oxygen atoms in total. The van der Waals surface area contributed by atoms with Gasteiger partial charge in [-0.1, -0.05) is 25.1 Å². The lowest BCUT2D eigenvalue weighted by molar-refractivity contribution is 0.0735. The number of carbonyl (C=O) groups excluding carboxylic acids is 1. The molecule has 2 heterocycles. The molecule has 0 aliphatic carbocycles. The number of rotatable bonds is 3. The van der Waals surface area contributed by atoms with Gasteiger partial charge in [0.1, 0.15) is 5.82 Å². The van der Waals surface area contributed by atoms with Crippen LogP contribution in [0.15, 0.2) is 30.3 Å². The van der Waals surface area contributed by atoms with Crippen LogP contribution < -0.4 is 11.3 Å². The zero-order valence-electron chi connectivity index (χ0n) is 12.2. The normalized spacial score (nSPS) is 18.2. The van der Waals surface area contributed by atoms with Crippen molar-refractivity contribution >= 4 is 22.6 Å². The molecule has 3 N–H and O–H groups in total. The van der Waals surface area contributed by atoms with Crippen LogP contribution >= 0.6 is 0 Å². The molecule has 2 aromatic rings. The lowest BCUT2D eigenvalue weighted by Gasteiger charge is -2.24. The van der Waals surface area contributed by atoms with Crippen molar-refractivity contribution in [3.63, 3.8) is 0 Å². The molecule has 0 spiro atoms. The number of likely N-dealkylation sites (tertiary alicyclic amines) is 1. The SMILES string of the molecule is CCC1CCCN1C(=O)c1cc(NN)nc2ccccc12. The minimum absolute atomic E-state index is 0.0782.